The monoisotopic (exact) mass is 353 g/mol. The van der Waals surface area contributed by atoms with Crippen molar-refractivity contribution in [3.8, 4) is 6.07 Å². The number of nitriles is 1. The number of azo groups is 1. The fourth-order valence-electron chi connectivity index (χ4n) is 2.46. The predicted molar refractivity (Wildman–Crippen MR) is 98.1 cm³/mol. The molecular weight excluding hydrogens is 334 g/mol. The second kappa shape index (κ2) is 8.69. The maximum absolute atomic E-state index is 10.8. The van der Waals surface area contributed by atoms with E-state index in [1.54, 1.807) is 0 Å². The van der Waals surface area contributed by atoms with E-state index in [0.29, 0.717) is 12.2 Å². The third-order valence-electron chi connectivity index (χ3n) is 3.87. The van der Waals surface area contributed by atoms with E-state index in [-0.39, 0.29) is 23.5 Å². The molecule has 0 saturated heterocycles. The molecule has 0 saturated carbocycles. The van der Waals surface area contributed by atoms with Crippen LogP contribution in [0.2, 0.25) is 0 Å². The summed E-state index contributed by atoms with van der Waals surface area (Å²) in [5.74, 6) is 0. The predicted octanol–water partition coefficient (Wildman–Crippen LogP) is 4.01. The lowest BCUT2D eigenvalue weighted by Gasteiger charge is -2.22. The number of nitrogens with zero attached hydrogens (tertiary/aromatic N) is 5. The van der Waals surface area contributed by atoms with Gasteiger partial charge >= 0.3 is 0 Å². The minimum atomic E-state index is -0.559. The van der Waals surface area contributed by atoms with Gasteiger partial charge in [-0.2, -0.15) is 10.4 Å². The number of aliphatic hydroxyl groups is 1. The summed E-state index contributed by atoms with van der Waals surface area (Å²) in [5.41, 5.74) is 2.71. The zero-order chi connectivity index (χ0) is 19.1. The summed E-state index contributed by atoms with van der Waals surface area (Å²) in [5, 5.41) is 37.3. The van der Waals surface area contributed by atoms with Gasteiger partial charge in [0.05, 0.1) is 22.8 Å². The number of nitro groups is 1. The highest BCUT2D eigenvalue weighted by Gasteiger charge is 2.11. The van der Waals surface area contributed by atoms with Crippen LogP contribution in [-0.2, 0) is 0 Å². The molecule has 0 unspecified atom stereocenters. The van der Waals surface area contributed by atoms with Gasteiger partial charge in [0.1, 0.15) is 11.8 Å². The SMILES string of the molecule is CCN(CCO)c1ccc(/N=N/c2ccc([N+](=O)[O-])cc2C#N)c(C)c1. The van der Waals surface area contributed by atoms with E-state index in [0.717, 1.165) is 17.8 Å². The first kappa shape index (κ1) is 19.0. The Morgan fingerprint density at radius 1 is 1.23 bits per heavy atom. The molecule has 0 spiro atoms. The quantitative estimate of drug-likeness (QED) is 0.459. The lowest BCUT2D eigenvalue weighted by Crippen LogP contribution is -2.26. The summed E-state index contributed by atoms with van der Waals surface area (Å²) >= 11 is 0. The number of benzene rings is 2. The minimum absolute atomic E-state index is 0.0748. The van der Waals surface area contributed by atoms with Crippen LogP contribution in [-0.4, -0.2) is 29.7 Å². The number of aryl methyl sites for hydroxylation is 1. The Kier molecular flexibility index (Phi) is 6.36. The fraction of sp³-hybridized carbons (Fsp3) is 0.278. The van der Waals surface area contributed by atoms with Gasteiger partial charge in [0.25, 0.3) is 5.69 Å². The number of rotatable bonds is 7. The van der Waals surface area contributed by atoms with Gasteiger partial charge in [0.2, 0.25) is 0 Å². The molecule has 0 aliphatic heterocycles. The number of likely N-dealkylation sites (N-methyl/N-ethyl adjacent to an activating group) is 1. The third kappa shape index (κ3) is 4.40. The lowest BCUT2D eigenvalue weighted by molar-refractivity contribution is -0.384. The second-order valence-corrected chi connectivity index (χ2v) is 5.54. The van der Waals surface area contributed by atoms with E-state index in [1.807, 2.05) is 43.0 Å². The molecule has 0 bridgehead atoms. The van der Waals surface area contributed by atoms with Crippen LogP contribution in [0.4, 0.5) is 22.7 Å². The van der Waals surface area contributed by atoms with Crippen molar-refractivity contribution in [2.24, 2.45) is 10.2 Å². The van der Waals surface area contributed by atoms with E-state index in [9.17, 15) is 10.1 Å². The molecule has 134 valence electrons. The van der Waals surface area contributed by atoms with E-state index in [4.69, 9.17) is 10.4 Å². The Morgan fingerprint density at radius 2 is 1.92 bits per heavy atom. The van der Waals surface area contributed by atoms with Crippen molar-refractivity contribution in [2.75, 3.05) is 24.6 Å². The Hall–Kier alpha value is -3.31. The standard InChI is InChI=1S/C18H19N5O3/c1-3-22(8-9-24)15-4-6-17(13(2)10-15)20-21-18-7-5-16(23(25)26)11-14(18)12-19/h4-7,10-11,24H,3,8-9H2,1-2H3/b21-20+. The highest BCUT2D eigenvalue weighted by atomic mass is 16.6. The molecule has 0 aromatic heterocycles. The third-order valence-corrected chi connectivity index (χ3v) is 3.87. The number of hydrogen-bond donors (Lipinski definition) is 1. The number of hydrogen-bond acceptors (Lipinski definition) is 7. The number of non-ortho nitro benzene ring substituents is 1. The maximum atomic E-state index is 10.8. The minimum Gasteiger partial charge on any atom is -0.395 e. The zero-order valence-electron chi connectivity index (χ0n) is 14.6. The lowest BCUT2D eigenvalue weighted by atomic mass is 10.1. The molecule has 0 radical (unpaired) electrons. The maximum Gasteiger partial charge on any atom is 0.270 e. The summed E-state index contributed by atoms with van der Waals surface area (Å²) in [6.45, 7) is 5.30. The van der Waals surface area contributed by atoms with Crippen LogP contribution < -0.4 is 4.90 Å². The number of anilines is 1. The second-order valence-electron chi connectivity index (χ2n) is 5.54. The van der Waals surface area contributed by atoms with Crippen molar-refractivity contribution in [3.05, 3.63) is 57.6 Å². The van der Waals surface area contributed by atoms with Crippen LogP contribution >= 0.6 is 0 Å². The molecular formula is C18H19N5O3. The van der Waals surface area contributed by atoms with E-state index in [2.05, 4.69) is 10.2 Å². The molecule has 0 amide bonds. The van der Waals surface area contributed by atoms with Gasteiger partial charge in [-0.05, 0) is 43.7 Å². The van der Waals surface area contributed by atoms with Crippen molar-refractivity contribution in [2.45, 2.75) is 13.8 Å². The fourth-order valence-corrected chi connectivity index (χ4v) is 2.46. The van der Waals surface area contributed by atoms with E-state index in [1.165, 1.54) is 18.2 Å². The van der Waals surface area contributed by atoms with Gasteiger partial charge in [-0.25, -0.2) is 0 Å². The summed E-state index contributed by atoms with van der Waals surface area (Å²) in [7, 11) is 0. The van der Waals surface area contributed by atoms with Crippen LogP contribution in [0.15, 0.2) is 46.6 Å². The number of nitro benzene ring substituents is 1. The highest BCUT2D eigenvalue weighted by molar-refractivity contribution is 5.60. The van der Waals surface area contributed by atoms with Crippen LogP contribution in [0.25, 0.3) is 0 Å². The average Bonchev–Trinajstić information content (AvgIpc) is 2.64. The molecule has 2 aromatic carbocycles. The molecule has 0 aliphatic carbocycles. The molecule has 26 heavy (non-hydrogen) atoms. The largest absolute Gasteiger partial charge is 0.395 e. The Bertz CT molecular complexity index is 874. The van der Waals surface area contributed by atoms with Crippen molar-refractivity contribution in [1.82, 2.24) is 0 Å². The average molecular weight is 353 g/mol. The van der Waals surface area contributed by atoms with Crippen molar-refractivity contribution < 1.29 is 10.0 Å². The molecule has 2 rings (SSSR count). The van der Waals surface area contributed by atoms with Gasteiger partial charge in [0, 0.05) is 30.9 Å². The van der Waals surface area contributed by atoms with E-state index < -0.39 is 4.92 Å². The van der Waals surface area contributed by atoms with Crippen molar-refractivity contribution >= 4 is 22.7 Å². The normalized spacial score (nSPS) is 10.7. The first-order valence-corrected chi connectivity index (χ1v) is 8.07. The zero-order valence-corrected chi connectivity index (χ0v) is 14.6. The number of aliphatic hydroxyl groups excluding tert-OH is 1. The summed E-state index contributed by atoms with van der Waals surface area (Å²) in [6.07, 6.45) is 0. The summed E-state index contributed by atoms with van der Waals surface area (Å²) in [6, 6.07) is 11.4. The first-order chi connectivity index (χ1) is 12.5. The van der Waals surface area contributed by atoms with Gasteiger partial charge < -0.3 is 10.0 Å². The molecule has 2 aromatic rings. The van der Waals surface area contributed by atoms with Gasteiger partial charge in [-0.1, -0.05) is 0 Å². The first-order valence-electron chi connectivity index (χ1n) is 8.07. The molecule has 0 fully saturated rings. The molecule has 8 nitrogen and oxygen atoms in total. The molecule has 8 heteroatoms. The van der Waals surface area contributed by atoms with Crippen LogP contribution in [0.1, 0.15) is 18.1 Å². The summed E-state index contributed by atoms with van der Waals surface area (Å²) in [4.78, 5) is 12.3. The topological polar surface area (TPSA) is 115 Å². The summed E-state index contributed by atoms with van der Waals surface area (Å²) < 4.78 is 0. The van der Waals surface area contributed by atoms with Crippen LogP contribution in [0.5, 0.6) is 0 Å². The van der Waals surface area contributed by atoms with Gasteiger partial charge in [-0.15, -0.1) is 5.11 Å². The molecule has 0 aliphatic rings. The van der Waals surface area contributed by atoms with E-state index >= 15 is 0 Å². The van der Waals surface area contributed by atoms with Crippen molar-refractivity contribution in [3.63, 3.8) is 0 Å². The molecule has 1 N–H and O–H groups in total. The Morgan fingerprint density at radius 3 is 2.50 bits per heavy atom. The Balaban J connectivity index is 2.28. The van der Waals surface area contributed by atoms with Crippen LogP contribution in [0, 0.1) is 28.4 Å². The van der Waals surface area contributed by atoms with Crippen molar-refractivity contribution in [1.29, 1.82) is 5.26 Å². The highest BCUT2D eigenvalue weighted by Crippen LogP contribution is 2.29. The molecule has 0 heterocycles. The van der Waals surface area contributed by atoms with Gasteiger partial charge in [-0.3, -0.25) is 10.1 Å². The van der Waals surface area contributed by atoms with Crippen LogP contribution in [0.3, 0.4) is 0 Å². The smallest absolute Gasteiger partial charge is 0.270 e. The van der Waals surface area contributed by atoms with Gasteiger partial charge in [0.15, 0.2) is 0 Å². The molecule has 0 atom stereocenters. The Labute approximate surface area is 151 Å².